The van der Waals surface area contributed by atoms with Gasteiger partial charge in [-0.15, -0.1) is 0 Å². The molecule has 4 aliphatic rings. The summed E-state index contributed by atoms with van der Waals surface area (Å²) in [5.41, 5.74) is 3.36. The highest BCUT2D eigenvalue weighted by molar-refractivity contribution is 5.95. The summed E-state index contributed by atoms with van der Waals surface area (Å²) in [5.74, 6) is -1.84. The molecule has 0 heterocycles. The van der Waals surface area contributed by atoms with Crippen LogP contribution in [0.5, 0.6) is 0 Å². The van der Waals surface area contributed by atoms with Crippen LogP contribution in [0.2, 0.25) is 0 Å². The average Bonchev–Trinajstić information content (AvgIpc) is 3.45. The van der Waals surface area contributed by atoms with Crippen LogP contribution in [0.4, 0.5) is 0 Å². The van der Waals surface area contributed by atoms with E-state index in [1.807, 2.05) is 41.5 Å². The molecule has 63 heavy (non-hydrogen) atoms. The Labute approximate surface area is 378 Å². The summed E-state index contributed by atoms with van der Waals surface area (Å²) in [6.07, 6.45) is 9.03. The average molecular weight is 889 g/mol. The third kappa shape index (κ3) is 14.1. The second kappa shape index (κ2) is 19.7. The predicted molar refractivity (Wildman–Crippen MR) is 240 cm³/mol. The van der Waals surface area contributed by atoms with Crippen LogP contribution in [0.3, 0.4) is 0 Å². The molecule has 4 saturated carbocycles. The first-order valence-corrected chi connectivity index (χ1v) is 23.9. The molecule has 3 N–H and O–H groups in total. The first-order valence-electron chi connectivity index (χ1n) is 23.9. The van der Waals surface area contributed by atoms with Crippen LogP contribution in [0.15, 0.2) is 0 Å². The first kappa shape index (κ1) is 52.4. The van der Waals surface area contributed by atoms with Crippen molar-refractivity contribution in [3.63, 3.8) is 0 Å². The molecule has 4 aliphatic carbocycles. The zero-order valence-corrected chi connectivity index (χ0v) is 41.5. The molecule has 13 heteroatoms. The van der Waals surface area contributed by atoms with Gasteiger partial charge in [0.15, 0.2) is 5.92 Å². The zero-order chi connectivity index (χ0) is 47.7. The van der Waals surface area contributed by atoms with Crippen molar-refractivity contribution in [2.24, 2.45) is 58.0 Å². The fourth-order valence-electron chi connectivity index (χ4n) is 11.9. The van der Waals surface area contributed by atoms with Crippen molar-refractivity contribution in [3.05, 3.63) is 0 Å². The Morgan fingerprint density at radius 1 is 0.619 bits per heavy atom. The predicted octanol–water partition coefficient (Wildman–Crippen LogP) is 8.55. The number of hydrogen-bond donors (Lipinski definition) is 2. The third-order valence-electron chi connectivity index (χ3n) is 14.5. The Morgan fingerprint density at radius 2 is 1.13 bits per heavy atom. The maximum atomic E-state index is 13.8. The van der Waals surface area contributed by atoms with Crippen LogP contribution in [-0.2, 0) is 52.5 Å². The number of rotatable bonds is 14. The van der Waals surface area contributed by atoms with Crippen LogP contribution >= 0.6 is 0 Å². The highest BCUT2D eigenvalue weighted by Crippen LogP contribution is 2.68. The number of hydrogen-bond acceptors (Lipinski definition) is 12. The molecule has 11 atom stereocenters. The van der Waals surface area contributed by atoms with Gasteiger partial charge in [-0.2, -0.15) is 0 Å². The van der Waals surface area contributed by atoms with E-state index in [1.54, 1.807) is 41.5 Å². The molecule has 13 nitrogen and oxygen atoms in total. The minimum atomic E-state index is -1.34. The van der Waals surface area contributed by atoms with E-state index in [-0.39, 0.29) is 16.9 Å². The maximum absolute atomic E-state index is 13.8. The summed E-state index contributed by atoms with van der Waals surface area (Å²) >= 11 is 0. The van der Waals surface area contributed by atoms with E-state index in [0.717, 1.165) is 51.4 Å². The number of amides is 1. The van der Waals surface area contributed by atoms with Crippen molar-refractivity contribution < 1.29 is 52.5 Å². The molecule has 4 fully saturated rings. The van der Waals surface area contributed by atoms with Gasteiger partial charge >= 0.3 is 29.8 Å². The van der Waals surface area contributed by atoms with Gasteiger partial charge in [0.1, 0.15) is 34.6 Å². The number of fused-ring (bicyclic) bond motifs is 5. The SMILES string of the molecule is C[C@H](CCC(C(=O)OC(C)(C)C)C(=O)OC(C)(C)C)C1CCC2C3CCC4C[C@H](OC(=O)[C@H](CC(=O)OC(C)(C)C)NC(=O)[C@@H](N)CC(=O)OC(C)(C)C)CC[C@]4(C)C3CC[C@@]21C. The lowest BCUT2D eigenvalue weighted by molar-refractivity contribution is -0.175. The summed E-state index contributed by atoms with van der Waals surface area (Å²) in [6.45, 7) is 28.5. The van der Waals surface area contributed by atoms with Gasteiger partial charge in [-0.25, -0.2) is 4.79 Å². The first-order chi connectivity index (χ1) is 28.7. The molecule has 0 aromatic carbocycles. The number of ether oxygens (including phenoxy) is 5. The standard InChI is InChI=1S/C50H84N2O11/c1-29(16-18-33(42(56)62-47(8,9)10)43(57)63-48(11,12)13)34-20-21-35-32-19-17-30-26-31(22-24-49(30,14)36(32)23-25-50(34,35)15)59-44(58)38(28-40(54)61-46(5,6)7)52-41(55)37(51)27-39(53)60-45(2,3)4/h29-38H,16-28,51H2,1-15H3,(H,52,55)/t29-,30?,31-,32?,34?,35?,36?,37+,38+,49+,50-/m1/s1. The van der Waals surface area contributed by atoms with Gasteiger partial charge in [0.2, 0.25) is 5.91 Å². The van der Waals surface area contributed by atoms with Gasteiger partial charge in [-0.3, -0.25) is 24.0 Å². The van der Waals surface area contributed by atoms with Crippen molar-refractivity contribution in [3.8, 4) is 0 Å². The highest BCUT2D eigenvalue weighted by atomic mass is 16.6. The fraction of sp³-hybridized carbons (Fsp3) is 0.880. The minimum Gasteiger partial charge on any atom is -0.461 e. The van der Waals surface area contributed by atoms with E-state index in [9.17, 15) is 28.8 Å². The van der Waals surface area contributed by atoms with Crippen LogP contribution in [0, 0.1) is 52.3 Å². The fourth-order valence-corrected chi connectivity index (χ4v) is 11.9. The van der Waals surface area contributed by atoms with Crippen molar-refractivity contribution in [1.29, 1.82) is 0 Å². The van der Waals surface area contributed by atoms with Gasteiger partial charge in [-0.05, 0) is 200 Å². The van der Waals surface area contributed by atoms with Crippen LogP contribution in [-0.4, -0.2) is 76.3 Å². The Hall–Kier alpha value is -3.22. The molecular formula is C50H84N2O11. The molecule has 0 aromatic rings. The quantitative estimate of drug-likeness (QED) is 0.0963. The molecule has 360 valence electrons. The number of nitrogens with one attached hydrogen (secondary N) is 1. The van der Waals surface area contributed by atoms with Crippen LogP contribution in [0.25, 0.3) is 0 Å². The van der Waals surface area contributed by atoms with Gasteiger partial charge in [0.25, 0.3) is 0 Å². The maximum Gasteiger partial charge on any atom is 0.329 e. The smallest absolute Gasteiger partial charge is 0.329 e. The summed E-state index contributed by atoms with van der Waals surface area (Å²) < 4.78 is 28.3. The van der Waals surface area contributed by atoms with E-state index < -0.39 is 89.0 Å². The highest BCUT2D eigenvalue weighted by Gasteiger charge is 2.61. The lowest BCUT2D eigenvalue weighted by Crippen LogP contribution is -2.55. The van der Waals surface area contributed by atoms with Gasteiger partial charge in [0, 0.05) is 0 Å². The van der Waals surface area contributed by atoms with E-state index >= 15 is 0 Å². The third-order valence-corrected chi connectivity index (χ3v) is 14.5. The molecule has 5 unspecified atom stereocenters. The second-order valence-electron chi connectivity index (χ2n) is 24.1. The summed E-state index contributed by atoms with van der Waals surface area (Å²) in [4.78, 5) is 79.0. The Balaban J connectivity index is 1.40. The minimum absolute atomic E-state index is 0.101. The summed E-state index contributed by atoms with van der Waals surface area (Å²) in [6, 6.07) is -2.63. The Morgan fingerprint density at radius 3 is 1.67 bits per heavy atom. The summed E-state index contributed by atoms with van der Waals surface area (Å²) in [7, 11) is 0. The van der Waals surface area contributed by atoms with Crippen molar-refractivity contribution in [1.82, 2.24) is 5.32 Å². The largest absolute Gasteiger partial charge is 0.461 e. The van der Waals surface area contributed by atoms with E-state index in [4.69, 9.17) is 29.4 Å². The van der Waals surface area contributed by atoms with Gasteiger partial charge in [-0.1, -0.05) is 20.8 Å². The molecule has 0 spiro atoms. The molecule has 0 bridgehead atoms. The van der Waals surface area contributed by atoms with Gasteiger partial charge in [0.05, 0.1) is 18.9 Å². The number of nitrogens with two attached hydrogens (primary N) is 1. The molecule has 0 saturated heterocycles. The van der Waals surface area contributed by atoms with Crippen molar-refractivity contribution in [2.75, 3.05) is 0 Å². The number of carbonyl (C=O) groups excluding carboxylic acids is 6. The topological polar surface area (TPSA) is 187 Å². The van der Waals surface area contributed by atoms with Gasteiger partial charge < -0.3 is 34.7 Å². The Bertz CT molecular complexity index is 1640. The molecule has 1 amide bonds. The second-order valence-corrected chi connectivity index (χ2v) is 24.1. The zero-order valence-electron chi connectivity index (χ0n) is 41.5. The number of carbonyl (C=O) groups is 6. The Kier molecular flexibility index (Phi) is 16.4. The number of esters is 5. The van der Waals surface area contributed by atoms with E-state index in [2.05, 4.69) is 26.1 Å². The molecule has 0 aliphatic heterocycles. The molecule has 0 radical (unpaired) electrons. The lowest BCUT2D eigenvalue weighted by atomic mass is 9.44. The van der Waals surface area contributed by atoms with E-state index in [0.29, 0.717) is 48.3 Å². The van der Waals surface area contributed by atoms with E-state index in [1.165, 1.54) is 6.42 Å². The molecule has 4 rings (SSSR count). The monoisotopic (exact) mass is 889 g/mol. The molecule has 0 aromatic heterocycles. The van der Waals surface area contributed by atoms with Crippen molar-refractivity contribution >= 4 is 35.8 Å². The normalized spacial score (nSPS) is 30.0. The van der Waals surface area contributed by atoms with Crippen molar-refractivity contribution in [2.45, 2.75) is 228 Å². The van der Waals surface area contributed by atoms with Crippen LogP contribution < -0.4 is 11.1 Å². The summed E-state index contributed by atoms with van der Waals surface area (Å²) in [5, 5.41) is 2.58. The lowest BCUT2D eigenvalue weighted by Gasteiger charge is -2.61. The molecular weight excluding hydrogens is 805 g/mol. The van der Waals surface area contributed by atoms with Crippen LogP contribution in [0.1, 0.15) is 187 Å².